The topological polar surface area (TPSA) is 34.1 Å². The Balaban J connectivity index is 2.57. The summed E-state index contributed by atoms with van der Waals surface area (Å²) < 4.78 is 11.4. The van der Waals surface area contributed by atoms with Crippen LogP contribution < -0.4 is 0 Å². The number of aryl methyl sites for hydroxylation is 1. The van der Waals surface area contributed by atoms with Gasteiger partial charge in [-0.3, -0.25) is 9.00 Å². The Morgan fingerprint density at radius 3 is 2.67 bits per heavy atom. The van der Waals surface area contributed by atoms with E-state index in [1.54, 1.807) is 0 Å². The summed E-state index contributed by atoms with van der Waals surface area (Å²) in [6.07, 6.45) is 1.82. The van der Waals surface area contributed by atoms with E-state index in [2.05, 4.69) is 6.92 Å². The second-order valence-corrected chi connectivity index (χ2v) is 6.08. The molecule has 1 atom stereocenters. The first kappa shape index (κ1) is 12.6. The van der Waals surface area contributed by atoms with Crippen molar-refractivity contribution >= 4 is 27.9 Å². The molecule has 1 rings (SSSR count). The van der Waals surface area contributed by atoms with Crippen LogP contribution in [0.15, 0.2) is 12.1 Å². The van der Waals surface area contributed by atoms with E-state index in [1.807, 2.05) is 19.1 Å². The normalized spacial score (nSPS) is 12.7. The van der Waals surface area contributed by atoms with Crippen LogP contribution in [-0.4, -0.2) is 21.5 Å². The zero-order chi connectivity index (χ0) is 11.3. The van der Waals surface area contributed by atoms with Gasteiger partial charge in [-0.1, -0.05) is 13.8 Å². The highest BCUT2D eigenvalue weighted by Gasteiger charge is 2.11. The standard InChI is InChI=1S/C11H16O2S2/c1-3-7-15(13)8-10(12)11-6-5-9(4-2)14-11/h5-6H,3-4,7-8H2,1-2H3. The average molecular weight is 244 g/mol. The molecule has 0 radical (unpaired) electrons. The van der Waals surface area contributed by atoms with Crippen molar-refractivity contribution in [2.75, 3.05) is 11.5 Å². The summed E-state index contributed by atoms with van der Waals surface area (Å²) >= 11 is 1.52. The van der Waals surface area contributed by atoms with Gasteiger partial charge in [-0.2, -0.15) is 0 Å². The summed E-state index contributed by atoms with van der Waals surface area (Å²) in [4.78, 5) is 13.6. The highest BCUT2D eigenvalue weighted by Crippen LogP contribution is 2.17. The second kappa shape index (κ2) is 6.18. The Morgan fingerprint density at radius 1 is 1.40 bits per heavy atom. The Hall–Kier alpha value is -0.480. The Bertz CT molecular complexity index is 355. The summed E-state index contributed by atoms with van der Waals surface area (Å²) in [5, 5.41) is 0. The van der Waals surface area contributed by atoms with Crippen molar-refractivity contribution in [1.82, 2.24) is 0 Å². The maximum absolute atomic E-state index is 11.7. The maximum Gasteiger partial charge on any atom is 0.185 e. The summed E-state index contributed by atoms with van der Waals surface area (Å²) in [7, 11) is -0.986. The number of carbonyl (C=O) groups is 1. The number of thiophene rings is 1. The van der Waals surface area contributed by atoms with Crippen LogP contribution in [0.3, 0.4) is 0 Å². The van der Waals surface area contributed by atoms with Gasteiger partial charge in [0, 0.05) is 21.4 Å². The smallest absolute Gasteiger partial charge is 0.185 e. The fraction of sp³-hybridized carbons (Fsp3) is 0.545. The Labute approximate surface area is 97.2 Å². The lowest BCUT2D eigenvalue weighted by atomic mass is 10.3. The molecule has 0 aliphatic heterocycles. The molecule has 0 spiro atoms. The molecule has 1 unspecified atom stereocenters. The molecule has 4 heteroatoms. The highest BCUT2D eigenvalue weighted by atomic mass is 32.2. The van der Waals surface area contributed by atoms with Crippen LogP contribution in [0.2, 0.25) is 0 Å². The number of ketones is 1. The van der Waals surface area contributed by atoms with Crippen molar-refractivity contribution in [1.29, 1.82) is 0 Å². The fourth-order valence-electron chi connectivity index (χ4n) is 1.23. The van der Waals surface area contributed by atoms with E-state index in [0.717, 1.165) is 17.7 Å². The Morgan fingerprint density at radius 2 is 2.13 bits per heavy atom. The number of hydrogen-bond acceptors (Lipinski definition) is 3. The molecule has 84 valence electrons. The van der Waals surface area contributed by atoms with Crippen molar-refractivity contribution in [2.45, 2.75) is 26.7 Å². The predicted octanol–water partition coefficient (Wildman–Crippen LogP) is 2.65. The maximum atomic E-state index is 11.7. The van der Waals surface area contributed by atoms with Crippen molar-refractivity contribution in [3.05, 3.63) is 21.9 Å². The van der Waals surface area contributed by atoms with Crippen LogP contribution in [0.1, 0.15) is 34.8 Å². The summed E-state index contributed by atoms with van der Waals surface area (Å²) in [5.74, 6) is 0.821. The average Bonchev–Trinajstić information content (AvgIpc) is 2.66. The molecule has 0 saturated carbocycles. The lowest BCUT2D eigenvalue weighted by Gasteiger charge is -1.97. The largest absolute Gasteiger partial charge is 0.292 e. The molecular weight excluding hydrogens is 228 g/mol. The minimum Gasteiger partial charge on any atom is -0.292 e. The molecule has 2 nitrogen and oxygen atoms in total. The molecule has 0 amide bonds. The van der Waals surface area contributed by atoms with Crippen molar-refractivity contribution in [3.8, 4) is 0 Å². The molecule has 0 N–H and O–H groups in total. The van der Waals surface area contributed by atoms with Gasteiger partial charge >= 0.3 is 0 Å². The van der Waals surface area contributed by atoms with Gasteiger partial charge in [0.1, 0.15) is 0 Å². The van der Waals surface area contributed by atoms with Gasteiger partial charge in [0.2, 0.25) is 0 Å². The van der Waals surface area contributed by atoms with Gasteiger partial charge in [-0.15, -0.1) is 11.3 Å². The van der Waals surface area contributed by atoms with Gasteiger partial charge in [0.15, 0.2) is 5.78 Å². The third kappa shape index (κ3) is 3.87. The van der Waals surface area contributed by atoms with Gasteiger partial charge in [0.25, 0.3) is 0 Å². The van der Waals surface area contributed by atoms with E-state index < -0.39 is 10.8 Å². The van der Waals surface area contributed by atoms with Crippen molar-refractivity contribution < 1.29 is 9.00 Å². The monoisotopic (exact) mass is 244 g/mol. The molecule has 15 heavy (non-hydrogen) atoms. The van der Waals surface area contributed by atoms with Crippen LogP contribution in [0.4, 0.5) is 0 Å². The SMILES string of the molecule is CCCS(=O)CC(=O)c1ccc(CC)s1. The third-order valence-electron chi connectivity index (χ3n) is 2.01. The van der Waals surface area contributed by atoms with Gasteiger partial charge in [-0.05, 0) is 25.0 Å². The lowest BCUT2D eigenvalue weighted by Crippen LogP contribution is -2.11. The molecule has 1 aromatic rings. The molecule has 0 aromatic carbocycles. The van der Waals surface area contributed by atoms with Gasteiger partial charge < -0.3 is 0 Å². The van der Waals surface area contributed by atoms with Crippen LogP contribution in [0.25, 0.3) is 0 Å². The van der Waals surface area contributed by atoms with E-state index in [-0.39, 0.29) is 11.5 Å². The third-order valence-corrected chi connectivity index (χ3v) is 4.73. The van der Waals surface area contributed by atoms with Gasteiger partial charge in [-0.25, -0.2) is 0 Å². The number of rotatable bonds is 6. The van der Waals surface area contributed by atoms with E-state index in [4.69, 9.17) is 0 Å². The van der Waals surface area contributed by atoms with E-state index in [9.17, 15) is 9.00 Å². The fourth-order valence-corrected chi connectivity index (χ4v) is 3.26. The molecule has 0 aliphatic carbocycles. The van der Waals surface area contributed by atoms with E-state index in [1.165, 1.54) is 16.2 Å². The zero-order valence-corrected chi connectivity index (χ0v) is 10.7. The molecule has 0 aliphatic rings. The predicted molar refractivity (Wildman–Crippen MR) is 66.2 cm³/mol. The van der Waals surface area contributed by atoms with Crippen LogP contribution in [0.5, 0.6) is 0 Å². The quantitative estimate of drug-likeness (QED) is 0.721. The number of carbonyl (C=O) groups excluding carboxylic acids is 1. The van der Waals surface area contributed by atoms with Crippen molar-refractivity contribution in [2.24, 2.45) is 0 Å². The first-order valence-corrected chi connectivity index (χ1v) is 7.44. The number of Topliss-reactive ketones (excluding diaryl/α,β-unsaturated/α-hetero) is 1. The second-order valence-electron chi connectivity index (χ2n) is 3.33. The molecular formula is C11H16O2S2. The van der Waals surface area contributed by atoms with Gasteiger partial charge in [0.05, 0.1) is 10.6 Å². The van der Waals surface area contributed by atoms with Crippen LogP contribution >= 0.6 is 11.3 Å². The van der Waals surface area contributed by atoms with E-state index in [0.29, 0.717) is 5.75 Å². The van der Waals surface area contributed by atoms with Crippen LogP contribution in [-0.2, 0) is 17.2 Å². The Kier molecular flexibility index (Phi) is 5.19. The molecule has 0 saturated heterocycles. The minimum absolute atomic E-state index is 0.0199. The lowest BCUT2D eigenvalue weighted by molar-refractivity contribution is 0.102. The molecule has 0 bridgehead atoms. The first-order chi connectivity index (χ1) is 7.17. The minimum atomic E-state index is -0.986. The molecule has 0 fully saturated rings. The molecule has 1 heterocycles. The summed E-state index contributed by atoms with van der Waals surface area (Å²) in [6, 6.07) is 3.82. The highest BCUT2D eigenvalue weighted by molar-refractivity contribution is 7.85. The summed E-state index contributed by atoms with van der Waals surface area (Å²) in [5.41, 5.74) is 0. The van der Waals surface area contributed by atoms with E-state index >= 15 is 0 Å². The van der Waals surface area contributed by atoms with Crippen LogP contribution in [0, 0.1) is 0 Å². The van der Waals surface area contributed by atoms with Crippen molar-refractivity contribution in [3.63, 3.8) is 0 Å². The first-order valence-electron chi connectivity index (χ1n) is 5.14. The zero-order valence-electron chi connectivity index (χ0n) is 9.12. The molecule has 1 aromatic heterocycles. The number of hydrogen-bond donors (Lipinski definition) is 0. The summed E-state index contributed by atoms with van der Waals surface area (Å²) in [6.45, 7) is 4.04.